The lowest BCUT2D eigenvalue weighted by Crippen LogP contribution is -2.34. The van der Waals surface area contributed by atoms with E-state index in [0.717, 1.165) is 18.4 Å². The van der Waals surface area contributed by atoms with Crippen LogP contribution in [0.4, 0.5) is 10.5 Å². The van der Waals surface area contributed by atoms with Crippen LogP contribution in [0.2, 0.25) is 0 Å². The van der Waals surface area contributed by atoms with Gasteiger partial charge in [-0.25, -0.2) is 4.79 Å². The maximum atomic E-state index is 12.9. The maximum Gasteiger partial charge on any atom is 0.322 e. The summed E-state index contributed by atoms with van der Waals surface area (Å²) in [6.45, 7) is 0.609. The first kappa shape index (κ1) is 18.8. The predicted octanol–water partition coefficient (Wildman–Crippen LogP) is 4.12. The molecule has 0 saturated carbocycles. The van der Waals surface area contributed by atoms with Crippen LogP contribution in [0.1, 0.15) is 24.8 Å². The third kappa shape index (κ3) is 3.73. The molecule has 0 aliphatic carbocycles. The summed E-state index contributed by atoms with van der Waals surface area (Å²) in [5, 5.41) is 7.01. The summed E-state index contributed by atoms with van der Waals surface area (Å²) in [6.07, 6.45) is 1.61. The molecule has 29 heavy (non-hydrogen) atoms. The summed E-state index contributed by atoms with van der Waals surface area (Å²) in [5.41, 5.74) is 1.36. The molecule has 1 N–H and O–H groups in total. The van der Waals surface area contributed by atoms with Crippen molar-refractivity contribution in [1.82, 2.24) is 15.0 Å². The molecule has 150 valence electrons. The minimum Gasteiger partial charge on any atom is -0.496 e. The number of ether oxygens (including phenoxy) is 2. The number of nitrogens with one attached hydrogen (secondary N) is 1. The second kappa shape index (κ2) is 8.22. The summed E-state index contributed by atoms with van der Waals surface area (Å²) in [4.78, 5) is 19.1. The quantitative estimate of drug-likeness (QED) is 0.700. The number of rotatable bonds is 5. The third-order valence-electron chi connectivity index (χ3n) is 4.94. The SMILES string of the molecule is COc1ccccc1NC(=O)N1CCC[C@@H]1c1nc(-c2ccccc2OC)no1. The molecule has 1 fully saturated rings. The highest BCUT2D eigenvalue weighted by Crippen LogP contribution is 2.34. The molecular weight excluding hydrogens is 372 g/mol. The van der Waals surface area contributed by atoms with Crippen LogP contribution < -0.4 is 14.8 Å². The number of urea groups is 1. The van der Waals surface area contributed by atoms with E-state index in [4.69, 9.17) is 14.0 Å². The average Bonchev–Trinajstić information content (AvgIpc) is 3.43. The van der Waals surface area contributed by atoms with Crippen LogP contribution in [0.3, 0.4) is 0 Å². The van der Waals surface area contributed by atoms with Gasteiger partial charge < -0.3 is 24.2 Å². The van der Waals surface area contributed by atoms with Crippen LogP contribution in [0.25, 0.3) is 11.4 Å². The van der Waals surface area contributed by atoms with Crippen molar-refractivity contribution in [3.05, 3.63) is 54.4 Å². The van der Waals surface area contributed by atoms with Gasteiger partial charge in [-0.3, -0.25) is 0 Å². The zero-order valence-electron chi connectivity index (χ0n) is 16.3. The maximum absolute atomic E-state index is 12.9. The summed E-state index contributed by atoms with van der Waals surface area (Å²) in [7, 11) is 3.17. The van der Waals surface area contributed by atoms with Crippen LogP contribution in [0.15, 0.2) is 53.1 Å². The van der Waals surface area contributed by atoms with Gasteiger partial charge in [-0.2, -0.15) is 4.98 Å². The fraction of sp³-hybridized carbons (Fsp3) is 0.286. The number of amides is 2. The van der Waals surface area contributed by atoms with Gasteiger partial charge in [-0.05, 0) is 37.1 Å². The van der Waals surface area contributed by atoms with Crippen LogP contribution >= 0.6 is 0 Å². The lowest BCUT2D eigenvalue weighted by Gasteiger charge is -2.22. The standard InChI is InChI=1S/C21H22N4O4/c1-27-17-11-5-3-8-14(17)19-23-20(29-24-19)16-10-7-13-25(16)21(26)22-15-9-4-6-12-18(15)28-2/h3-6,8-9,11-12,16H,7,10,13H2,1-2H3,(H,22,26)/t16-/m1/s1. The molecule has 8 nitrogen and oxygen atoms in total. The lowest BCUT2D eigenvalue weighted by molar-refractivity contribution is 0.193. The Labute approximate surface area is 168 Å². The van der Waals surface area contributed by atoms with E-state index in [2.05, 4.69) is 15.5 Å². The molecule has 4 rings (SSSR count). The van der Waals surface area contributed by atoms with Crippen LogP contribution in [-0.2, 0) is 0 Å². The molecule has 0 radical (unpaired) electrons. The zero-order chi connectivity index (χ0) is 20.2. The first-order valence-electron chi connectivity index (χ1n) is 9.39. The number of anilines is 1. The molecular formula is C21H22N4O4. The van der Waals surface area contributed by atoms with E-state index in [1.807, 2.05) is 36.4 Å². The average molecular weight is 394 g/mol. The van der Waals surface area contributed by atoms with Gasteiger partial charge in [-0.1, -0.05) is 29.4 Å². The van der Waals surface area contributed by atoms with Crippen molar-refractivity contribution in [3.63, 3.8) is 0 Å². The predicted molar refractivity (Wildman–Crippen MR) is 107 cm³/mol. The number of aromatic nitrogens is 2. The van der Waals surface area contributed by atoms with Crippen molar-refractivity contribution in [2.45, 2.75) is 18.9 Å². The smallest absolute Gasteiger partial charge is 0.322 e. The van der Waals surface area contributed by atoms with Crippen LogP contribution in [-0.4, -0.2) is 41.8 Å². The fourth-order valence-corrected chi connectivity index (χ4v) is 3.51. The van der Waals surface area contributed by atoms with E-state index < -0.39 is 0 Å². The van der Waals surface area contributed by atoms with Crippen molar-refractivity contribution < 1.29 is 18.8 Å². The molecule has 1 aromatic heterocycles. The molecule has 2 aromatic carbocycles. The Hall–Kier alpha value is -3.55. The number of carbonyl (C=O) groups is 1. The first-order chi connectivity index (χ1) is 14.2. The molecule has 0 spiro atoms. The monoisotopic (exact) mass is 394 g/mol. The number of para-hydroxylation sites is 3. The minimum atomic E-state index is -0.277. The molecule has 1 aliphatic heterocycles. The Kier molecular flexibility index (Phi) is 5.33. The van der Waals surface area contributed by atoms with Crippen LogP contribution in [0, 0.1) is 0 Å². The van der Waals surface area contributed by atoms with Gasteiger partial charge in [0.25, 0.3) is 0 Å². The summed E-state index contributed by atoms with van der Waals surface area (Å²) in [6, 6.07) is 14.3. The van der Waals surface area contributed by atoms with Gasteiger partial charge >= 0.3 is 6.03 Å². The highest BCUT2D eigenvalue weighted by molar-refractivity contribution is 5.91. The Morgan fingerprint density at radius 3 is 2.62 bits per heavy atom. The topological polar surface area (TPSA) is 89.7 Å². The summed E-state index contributed by atoms with van der Waals surface area (Å²) in [5.74, 6) is 2.12. The highest BCUT2D eigenvalue weighted by atomic mass is 16.5. The summed E-state index contributed by atoms with van der Waals surface area (Å²) >= 11 is 0. The van der Waals surface area contributed by atoms with E-state index in [-0.39, 0.29) is 12.1 Å². The van der Waals surface area contributed by atoms with E-state index in [1.165, 1.54) is 0 Å². The molecule has 2 heterocycles. The molecule has 1 aliphatic rings. The van der Waals surface area contributed by atoms with E-state index in [9.17, 15) is 4.79 Å². The van der Waals surface area contributed by atoms with Gasteiger partial charge in [0.15, 0.2) is 0 Å². The molecule has 1 atom stereocenters. The molecule has 0 unspecified atom stereocenters. The number of hydrogen-bond donors (Lipinski definition) is 1. The van der Waals surface area contributed by atoms with E-state index in [1.54, 1.807) is 31.3 Å². The Bertz CT molecular complexity index is 1000. The molecule has 8 heteroatoms. The normalized spacial score (nSPS) is 15.9. The molecule has 2 amide bonds. The fourth-order valence-electron chi connectivity index (χ4n) is 3.51. The molecule has 0 bridgehead atoms. The number of methoxy groups -OCH3 is 2. The summed E-state index contributed by atoms with van der Waals surface area (Å²) < 4.78 is 16.2. The first-order valence-corrected chi connectivity index (χ1v) is 9.39. The van der Waals surface area contributed by atoms with Gasteiger partial charge in [0.2, 0.25) is 11.7 Å². The van der Waals surface area contributed by atoms with Crippen molar-refractivity contribution in [1.29, 1.82) is 0 Å². The number of likely N-dealkylation sites (tertiary alicyclic amines) is 1. The molecule has 3 aromatic rings. The number of hydrogen-bond acceptors (Lipinski definition) is 6. The van der Waals surface area contributed by atoms with Gasteiger partial charge in [0.1, 0.15) is 17.5 Å². The Morgan fingerprint density at radius 2 is 1.83 bits per heavy atom. The highest BCUT2D eigenvalue weighted by Gasteiger charge is 2.34. The van der Waals surface area contributed by atoms with Crippen molar-refractivity contribution in [3.8, 4) is 22.9 Å². The van der Waals surface area contributed by atoms with E-state index in [0.29, 0.717) is 35.4 Å². The number of benzene rings is 2. The lowest BCUT2D eigenvalue weighted by atomic mass is 10.2. The van der Waals surface area contributed by atoms with Gasteiger partial charge in [0.05, 0.1) is 25.5 Å². The van der Waals surface area contributed by atoms with Crippen LogP contribution in [0.5, 0.6) is 11.5 Å². The van der Waals surface area contributed by atoms with Gasteiger partial charge in [-0.15, -0.1) is 0 Å². The number of nitrogens with zero attached hydrogens (tertiary/aromatic N) is 3. The van der Waals surface area contributed by atoms with Gasteiger partial charge in [0, 0.05) is 6.54 Å². The van der Waals surface area contributed by atoms with E-state index >= 15 is 0 Å². The zero-order valence-corrected chi connectivity index (χ0v) is 16.3. The Morgan fingerprint density at radius 1 is 1.10 bits per heavy atom. The second-order valence-electron chi connectivity index (χ2n) is 6.64. The van der Waals surface area contributed by atoms with Crippen molar-refractivity contribution >= 4 is 11.7 Å². The molecule has 1 saturated heterocycles. The largest absolute Gasteiger partial charge is 0.496 e. The number of carbonyl (C=O) groups excluding carboxylic acids is 1. The Balaban J connectivity index is 1.54. The minimum absolute atomic E-state index is 0.228. The second-order valence-corrected chi connectivity index (χ2v) is 6.64. The van der Waals surface area contributed by atoms with Crippen molar-refractivity contribution in [2.24, 2.45) is 0 Å². The van der Waals surface area contributed by atoms with Crippen molar-refractivity contribution in [2.75, 3.05) is 26.1 Å². The third-order valence-corrected chi connectivity index (χ3v) is 4.94.